The van der Waals surface area contributed by atoms with Crippen molar-refractivity contribution in [3.63, 3.8) is 0 Å². The molecule has 0 spiro atoms. The van der Waals surface area contributed by atoms with E-state index in [2.05, 4.69) is 27.0 Å². The summed E-state index contributed by atoms with van der Waals surface area (Å²) in [6.45, 7) is 5.59. The summed E-state index contributed by atoms with van der Waals surface area (Å²) in [4.78, 5) is 31.1. The number of para-hydroxylation sites is 1. The average Bonchev–Trinajstić information content (AvgIpc) is 2.76. The van der Waals surface area contributed by atoms with Crippen LogP contribution in [0.25, 0.3) is 0 Å². The van der Waals surface area contributed by atoms with Gasteiger partial charge < -0.3 is 19.4 Å². The van der Waals surface area contributed by atoms with E-state index in [0.717, 1.165) is 26.2 Å². The van der Waals surface area contributed by atoms with Crippen molar-refractivity contribution in [2.24, 2.45) is 0 Å². The standard InChI is InChI=1S/C20H25N5O3/c26-19-7-6-18(23-12-14-28-15-13-23)21-25(19)16-20(27)24-10-8-22(9-11-24)17-4-2-1-3-5-17/h1-7H,8-16H2. The number of piperazine rings is 1. The molecule has 4 rings (SSSR count). The summed E-state index contributed by atoms with van der Waals surface area (Å²) >= 11 is 0. The molecule has 8 nitrogen and oxygen atoms in total. The topological polar surface area (TPSA) is 70.9 Å². The van der Waals surface area contributed by atoms with Crippen LogP contribution in [0, 0.1) is 0 Å². The maximum Gasteiger partial charge on any atom is 0.267 e. The molecule has 148 valence electrons. The van der Waals surface area contributed by atoms with Crippen molar-refractivity contribution in [2.75, 3.05) is 62.3 Å². The third-order valence-corrected chi connectivity index (χ3v) is 5.23. The Kier molecular flexibility index (Phi) is 5.57. The predicted octanol–water partition coefficient (Wildman–Crippen LogP) is 0.429. The maximum absolute atomic E-state index is 12.7. The summed E-state index contributed by atoms with van der Waals surface area (Å²) in [5.41, 5.74) is 0.916. The first kappa shape index (κ1) is 18.5. The highest BCUT2D eigenvalue weighted by molar-refractivity contribution is 5.76. The highest BCUT2D eigenvalue weighted by Gasteiger charge is 2.22. The van der Waals surface area contributed by atoms with Crippen LogP contribution in [0.4, 0.5) is 11.5 Å². The molecule has 8 heteroatoms. The fraction of sp³-hybridized carbons (Fsp3) is 0.450. The zero-order valence-corrected chi connectivity index (χ0v) is 15.9. The monoisotopic (exact) mass is 383 g/mol. The normalized spacial score (nSPS) is 17.6. The summed E-state index contributed by atoms with van der Waals surface area (Å²) in [5, 5.41) is 4.41. The van der Waals surface area contributed by atoms with Crippen molar-refractivity contribution < 1.29 is 9.53 Å². The minimum absolute atomic E-state index is 0.0254. The molecule has 1 amide bonds. The van der Waals surface area contributed by atoms with Gasteiger partial charge in [0, 0.05) is 51.0 Å². The average molecular weight is 383 g/mol. The second-order valence-corrected chi connectivity index (χ2v) is 6.99. The minimum atomic E-state index is -0.256. The van der Waals surface area contributed by atoms with E-state index in [4.69, 9.17) is 4.74 Å². The Labute approximate surface area is 163 Å². The molecule has 0 aliphatic carbocycles. The smallest absolute Gasteiger partial charge is 0.267 e. The first-order valence-corrected chi connectivity index (χ1v) is 9.69. The number of aromatic nitrogens is 2. The Morgan fingerprint density at radius 3 is 2.32 bits per heavy atom. The van der Waals surface area contributed by atoms with E-state index in [0.29, 0.717) is 32.1 Å². The number of amides is 1. The second-order valence-electron chi connectivity index (χ2n) is 6.99. The quantitative estimate of drug-likeness (QED) is 0.763. The summed E-state index contributed by atoms with van der Waals surface area (Å²) in [6.07, 6.45) is 0. The molecule has 0 radical (unpaired) electrons. The van der Waals surface area contributed by atoms with Crippen molar-refractivity contribution in [1.29, 1.82) is 0 Å². The van der Waals surface area contributed by atoms with Gasteiger partial charge in [0.05, 0.1) is 13.2 Å². The lowest BCUT2D eigenvalue weighted by molar-refractivity contribution is -0.132. The van der Waals surface area contributed by atoms with Gasteiger partial charge in [-0.25, -0.2) is 4.68 Å². The van der Waals surface area contributed by atoms with Crippen LogP contribution < -0.4 is 15.4 Å². The van der Waals surface area contributed by atoms with Gasteiger partial charge in [0.15, 0.2) is 0 Å². The molecule has 0 bridgehead atoms. The molecular formula is C20H25N5O3. The number of ether oxygens (including phenoxy) is 1. The lowest BCUT2D eigenvalue weighted by Gasteiger charge is -2.36. The van der Waals surface area contributed by atoms with Crippen LogP contribution in [-0.4, -0.2) is 73.1 Å². The Morgan fingerprint density at radius 1 is 0.893 bits per heavy atom. The number of rotatable bonds is 4. The molecule has 2 fully saturated rings. The van der Waals surface area contributed by atoms with Crippen LogP contribution in [-0.2, 0) is 16.1 Å². The van der Waals surface area contributed by atoms with Gasteiger partial charge in [-0.2, -0.15) is 5.10 Å². The highest BCUT2D eigenvalue weighted by atomic mass is 16.5. The number of benzene rings is 1. The third kappa shape index (κ3) is 4.17. The van der Waals surface area contributed by atoms with E-state index in [-0.39, 0.29) is 18.0 Å². The van der Waals surface area contributed by atoms with Gasteiger partial charge in [-0.1, -0.05) is 18.2 Å². The summed E-state index contributed by atoms with van der Waals surface area (Å²) in [6, 6.07) is 13.4. The molecule has 0 unspecified atom stereocenters. The summed E-state index contributed by atoms with van der Waals surface area (Å²) < 4.78 is 6.63. The number of anilines is 2. The highest BCUT2D eigenvalue weighted by Crippen LogP contribution is 2.16. The predicted molar refractivity (Wildman–Crippen MR) is 107 cm³/mol. The van der Waals surface area contributed by atoms with Crippen molar-refractivity contribution >= 4 is 17.4 Å². The van der Waals surface area contributed by atoms with E-state index in [1.54, 1.807) is 6.07 Å². The number of carbonyl (C=O) groups is 1. The van der Waals surface area contributed by atoms with Crippen LogP contribution in [0.3, 0.4) is 0 Å². The molecule has 0 saturated carbocycles. The van der Waals surface area contributed by atoms with Crippen LogP contribution in [0.5, 0.6) is 0 Å². The molecule has 0 N–H and O–H groups in total. The number of morpholine rings is 1. The van der Waals surface area contributed by atoms with E-state index in [1.165, 1.54) is 16.4 Å². The molecule has 3 heterocycles. The van der Waals surface area contributed by atoms with Gasteiger partial charge in [-0.15, -0.1) is 0 Å². The van der Waals surface area contributed by atoms with Crippen LogP contribution in [0.1, 0.15) is 0 Å². The molecule has 28 heavy (non-hydrogen) atoms. The van der Waals surface area contributed by atoms with Gasteiger partial charge >= 0.3 is 0 Å². The van der Waals surface area contributed by atoms with E-state index >= 15 is 0 Å². The fourth-order valence-corrected chi connectivity index (χ4v) is 3.59. The van der Waals surface area contributed by atoms with Crippen molar-refractivity contribution in [1.82, 2.24) is 14.7 Å². The van der Waals surface area contributed by atoms with Crippen LogP contribution in [0.15, 0.2) is 47.3 Å². The molecule has 2 saturated heterocycles. The Balaban J connectivity index is 1.38. The zero-order chi connectivity index (χ0) is 19.3. The fourth-order valence-electron chi connectivity index (χ4n) is 3.59. The number of hydrogen-bond acceptors (Lipinski definition) is 6. The molecular weight excluding hydrogens is 358 g/mol. The van der Waals surface area contributed by atoms with Crippen LogP contribution >= 0.6 is 0 Å². The molecule has 2 aromatic rings. The lowest BCUT2D eigenvalue weighted by atomic mass is 10.2. The lowest BCUT2D eigenvalue weighted by Crippen LogP contribution is -2.50. The molecule has 1 aromatic carbocycles. The van der Waals surface area contributed by atoms with Gasteiger partial charge in [-0.05, 0) is 18.2 Å². The van der Waals surface area contributed by atoms with E-state index in [1.807, 2.05) is 23.1 Å². The Morgan fingerprint density at radius 2 is 1.61 bits per heavy atom. The molecule has 2 aliphatic heterocycles. The summed E-state index contributed by atoms with van der Waals surface area (Å²) in [7, 11) is 0. The van der Waals surface area contributed by atoms with E-state index in [9.17, 15) is 9.59 Å². The van der Waals surface area contributed by atoms with Crippen LogP contribution in [0.2, 0.25) is 0 Å². The molecule has 2 aliphatic rings. The van der Waals surface area contributed by atoms with Gasteiger partial charge in [0.25, 0.3) is 5.56 Å². The Bertz CT molecular complexity index is 856. The minimum Gasteiger partial charge on any atom is -0.378 e. The molecule has 0 atom stereocenters. The van der Waals surface area contributed by atoms with Crippen molar-refractivity contribution in [3.8, 4) is 0 Å². The van der Waals surface area contributed by atoms with Gasteiger partial charge in [0.1, 0.15) is 12.4 Å². The van der Waals surface area contributed by atoms with Gasteiger partial charge in [-0.3, -0.25) is 9.59 Å². The summed E-state index contributed by atoms with van der Waals surface area (Å²) in [5.74, 6) is 0.644. The third-order valence-electron chi connectivity index (χ3n) is 5.23. The van der Waals surface area contributed by atoms with E-state index < -0.39 is 0 Å². The zero-order valence-electron chi connectivity index (χ0n) is 15.9. The van der Waals surface area contributed by atoms with Crippen molar-refractivity contribution in [2.45, 2.75) is 6.54 Å². The number of hydrogen-bond donors (Lipinski definition) is 0. The first-order chi connectivity index (χ1) is 13.7. The van der Waals surface area contributed by atoms with Crippen molar-refractivity contribution in [3.05, 3.63) is 52.8 Å². The first-order valence-electron chi connectivity index (χ1n) is 9.69. The Hall–Kier alpha value is -2.87. The maximum atomic E-state index is 12.7. The molecule has 1 aromatic heterocycles. The second kappa shape index (κ2) is 8.43. The number of carbonyl (C=O) groups excluding carboxylic acids is 1. The SMILES string of the molecule is O=C(Cn1nc(N2CCOCC2)ccc1=O)N1CCN(c2ccccc2)CC1. The van der Waals surface area contributed by atoms with Gasteiger partial charge in [0.2, 0.25) is 5.91 Å². The largest absolute Gasteiger partial charge is 0.378 e. The number of nitrogens with zero attached hydrogens (tertiary/aromatic N) is 5.